The van der Waals surface area contributed by atoms with Crippen LogP contribution in [-0.4, -0.2) is 21.7 Å². The van der Waals surface area contributed by atoms with Crippen LogP contribution in [0.15, 0.2) is 16.6 Å². The van der Waals surface area contributed by atoms with Crippen LogP contribution in [0.4, 0.5) is 0 Å². The first-order valence-corrected chi connectivity index (χ1v) is 8.16. The predicted molar refractivity (Wildman–Crippen MR) is 84.8 cm³/mol. The number of aromatic carboxylic acids is 1. The van der Waals surface area contributed by atoms with Crippen molar-refractivity contribution in [2.45, 2.75) is 37.8 Å². The van der Waals surface area contributed by atoms with E-state index in [1.807, 2.05) is 12.1 Å². The van der Waals surface area contributed by atoms with Gasteiger partial charge in [-0.1, -0.05) is 0 Å². The minimum Gasteiger partial charge on any atom is -0.478 e. The Morgan fingerprint density at radius 3 is 3.00 bits per heavy atom. The molecular weight excluding hydrogens is 332 g/mol. The van der Waals surface area contributed by atoms with Crippen LogP contribution in [0, 0.1) is 0 Å². The first-order chi connectivity index (χ1) is 10.1. The maximum atomic E-state index is 11.7. The van der Waals surface area contributed by atoms with Gasteiger partial charge in [-0.05, 0) is 52.9 Å². The third-order valence-corrected chi connectivity index (χ3v) is 5.62. The maximum Gasteiger partial charge on any atom is 0.337 e. The van der Waals surface area contributed by atoms with Crippen molar-refractivity contribution in [3.05, 3.63) is 33.4 Å². The molecule has 1 aromatic carbocycles. The number of aromatic nitrogens is 1. The number of fused-ring (bicyclic) bond motifs is 6. The highest BCUT2D eigenvalue weighted by atomic mass is 79.9. The van der Waals surface area contributed by atoms with Gasteiger partial charge >= 0.3 is 5.97 Å². The minimum absolute atomic E-state index is 0.295. The molecule has 0 saturated carbocycles. The number of carboxylic acid groups (broad SMARTS) is 1. The fourth-order valence-electron chi connectivity index (χ4n) is 4.06. The van der Waals surface area contributed by atoms with Gasteiger partial charge in [-0.2, -0.15) is 0 Å². The molecule has 2 atom stereocenters. The highest BCUT2D eigenvalue weighted by Gasteiger charge is 2.35. The third kappa shape index (κ3) is 1.80. The Labute approximate surface area is 131 Å². The Morgan fingerprint density at radius 1 is 1.43 bits per heavy atom. The summed E-state index contributed by atoms with van der Waals surface area (Å²) in [5.74, 6) is -0.862. The second-order valence-corrected chi connectivity index (χ2v) is 6.95. The van der Waals surface area contributed by atoms with Gasteiger partial charge in [0.1, 0.15) is 0 Å². The number of hydrogen-bond donors (Lipinski definition) is 2. The van der Waals surface area contributed by atoms with E-state index in [1.54, 1.807) is 0 Å². The summed E-state index contributed by atoms with van der Waals surface area (Å²) in [7, 11) is 2.06. The van der Waals surface area contributed by atoms with Crippen LogP contribution in [-0.2, 0) is 13.5 Å². The van der Waals surface area contributed by atoms with E-state index in [4.69, 9.17) is 0 Å². The molecule has 1 saturated heterocycles. The van der Waals surface area contributed by atoms with E-state index in [1.165, 1.54) is 24.1 Å². The molecule has 21 heavy (non-hydrogen) atoms. The first-order valence-electron chi connectivity index (χ1n) is 7.37. The molecule has 0 aliphatic carbocycles. The first kappa shape index (κ1) is 13.3. The van der Waals surface area contributed by atoms with E-state index in [0.717, 1.165) is 23.7 Å². The van der Waals surface area contributed by atoms with Crippen LogP contribution < -0.4 is 5.32 Å². The molecule has 1 fully saturated rings. The molecule has 2 unspecified atom stereocenters. The SMILES string of the molecule is Cn1c2c(c3c(C(=O)O)c(Br)ccc31)C1CCCC(C2)N1. The Balaban J connectivity index is 2.11. The maximum absolute atomic E-state index is 11.7. The summed E-state index contributed by atoms with van der Waals surface area (Å²) >= 11 is 3.41. The lowest BCUT2D eigenvalue weighted by Gasteiger charge is -2.36. The number of carboxylic acids is 1. The van der Waals surface area contributed by atoms with Crippen LogP contribution in [0.5, 0.6) is 0 Å². The summed E-state index contributed by atoms with van der Waals surface area (Å²) in [5.41, 5.74) is 3.94. The zero-order valence-electron chi connectivity index (χ0n) is 11.8. The molecule has 3 heterocycles. The van der Waals surface area contributed by atoms with E-state index in [-0.39, 0.29) is 0 Å². The molecule has 4 nitrogen and oxygen atoms in total. The number of aryl methyl sites for hydroxylation is 1. The summed E-state index contributed by atoms with van der Waals surface area (Å²) < 4.78 is 2.85. The predicted octanol–water partition coefficient (Wildman–Crippen LogP) is 3.38. The van der Waals surface area contributed by atoms with Crippen LogP contribution >= 0.6 is 15.9 Å². The molecular formula is C16H17BrN2O2. The number of piperidine rings is 1. The van der Waals surface area contributed by atoms with Gasteiger partial charge in [-0.25, -0.2) is 4.79 Å². The molecule has 2 aromatic rings. The standard InChI is InChI=1S/C16H17BrN2O2/c1-19-11-6-5-9(17)13(16(20)21)15(11)14-10-4-2-3-8(18-10)7-12(14)19/h5-6,8,10,18H,2-4,7H2,1H3,(H,20,21). The fourth-order valence-corrected chi connectivity index (χ4v) is 4.56. The molecule has 0 amide bonds. The Kier molecular flexibility index (Phi) is 2.91. The monoisotopic (exact) mass is 348 g/mol. The Morgan fingerprint density at radius 2 is 2.24 bits per heavy atom. The third-order valence-electron chi connectivity index (χ3n) is 4.96. The highest BCUT2D eigenvalue weighted by Crippen LogP contribution is 2.42. The topological polar surface area (TPSA) is 54.3 Å². The van der Waals surface area contributed by atoms with Crippen LogP contribution in [0.25, 0.3) is 10.9 Å². The number of halogens is 1. The number of nitrogens with zero attached hydrogens (tertiary/aromatic N) is 1. The summed E-state index contributed by atoms with van der Waals surface area (Å²) in [6.45, 7) is 0. The van der Waals surface area contributed by atoms with Gasteiger partial charge in [0, 0.05) is 46.6 Å². The fraction of sp³-hybridized carbons (Fsp3) is 0.438. The summed E-state index contributed by atoms with van der Waals surface area (Å²) in [5, 5.41) is 14.2. The van der Waals surface area contributed by atoms with Crippen molar-refractivity contribution in [2.75, 3.05) is 0 Å². The number of carbonyl (C=O) groups is 1. The van der Waals surface area contributed by atoms with Crippen molar-refractivity contribution in [3.63, 3.8) is 0 Å². The average Bonchev–Trinajstić information content (AvgIpc) is 2.72. The summed E-state index contributed by atoms with van der Waals surface area (Å²) in [6.07, 6.45) is 4.52. The number of hydrogen-bond acceptors (Lipinski definition) is 2. The van der Waals surface area contributed by atoms with Gasteiger partial charge in [0.15, 0.2) is 0 Å². The number of nitrogens with one attached hydrogen (secondary N) is 1. The largest absolute Gasteiger partial charge is 0.478 e. The smallest absolute Gasteiger partial charge is 0.337 e. The quantitative estimate of drug-likeness (QED) is 0.830. The van der Waals surface area contributed by atoms with E-state index in [2.05, 4.69) is 32.9 Å². The highest BCUT2D eigenvalue weighted by molar-refractivity contribution is 9.10. The van der Waals surface area contributed by atoms with Gasteiger partial charge < -0.3 is 15.0 Å². The van der Waals surface area contributed by atoms with E-state index >= 15 is 0 Å². The van der Waals surface area contributed by atoms with Crippen molar-refractivity contribution in [1.82, 2.24) is 9.88 Å². The molecule has 0 spiro atoms. The minimum atomic E-state index is -0.862. The average molecular weight is 349 g/mol. The van der Waals surface area contributed by atoms with E-state index < -0.39 is 5.97 Å². The van der Waals surface area contributed by atoms with E-state index in [0.29, 0.717) is 22.1 Å². The molecule has 4 rings (SSSR count). The lowest BCUT2D eigenvalue weighted by Crippen LogP contribution is -2.42. The van der Waals surface area contributed by atoms with Crippen molar-refractivity contribution >= 4 is 32.8 Å². The van der Waals surface area contributed by atoms with Gasteiger partial charge in [-0.3, -0.25) is 0 Å². The number of rotatable bonds is 1. The molecule has 2 aliphatic heterocycles. The number of benzene rings is 1. The lowest BCUT2D eigenvalue weighted by atomic mass is 9.83. The van der Waals surface area contributed by atoms with E-state index in [9.17, 15) is 9.90 Å². The lowest BCUT2D eigenvalue weighted by molar-refractivity contribution is 0.0698. The van der Waals surface area contributed by atoms with Crippen molar-refractivity contribution < 1.29 is 9.90 Å². The molecule has 110 valence electrons. The molecule has 2 N–H and O–H groups in total. The van der Waals surface area contributed by atoms with Crippen LogP contribution in [0.1, 0.15) is 46.9 Å². The molecule has 1 aromatic heterocycles. The second-order valence-electron chi connectivity index (χ2n) is 6.09. The van der Waals surface area contributed by atoms with Gasteiger partial charge in [0.05, 0.1) is 5.56 Å². The summed E-state index contributed by atoms with van der Waals surface area (Å²) in [4.78, 5) is 11.7. The van der Waals surface area contributed by atoms with Gasteiger partial charge in [0.2, 0.25) is 0 Å². The van der Waals surface area contributed by atoms with Gasteiger partial charge in [0.25, 0.3) is 0 Å². The Bertz CT molecular complexity index is 765. The zero-order chi connectivity index (χ0) is 14.7. The zero-order valence-corrected chi connectivity index (χ0v) is 13.4. The van der Waals surface area contributed by atoms with Gasteiger partial charge in [-0.15, -0.1) is 0 Å². The second kappa shape index (κ2) is 4.58. The van der Waals surface area contributed by atoms with Crippen LogP contribution in [0.2, 0.25) is 0 Å². The Hall–Kier alpha value is -1.33. The van der Waals surface area contributed by atoms with Crippen molar-refractivity contribution in [3.8, 4) is 0 Å². The normalized spacial score (nSPS) is 24.1. The van der Waals surface area contributed by atoms with Crippen LogP contribution in [0.3, 0.4) is 0 Å². The molecule has 0 radical (unpaired) electrons. The molecule has 2 aliphatic rings. The van der Waals surface area contributed by atoms with Crippen molar-refractivity contribution in [1.29, 1.82) is 0 Å². The molecule has 5 heteroatoms. The summed E-state index contributed by atoms with van der Waals surface area (Å²) in [6, 6.07) is 4.70. The molecule has 2 bridgehead atoms. The van der Waals surface area contributed by atoms with Crippen molar-refractivity contribution in [2.24, 2.45) is 7.05 Å².